The maximum absolute atomic E-state index is 11.8. The van der Waals surface area contributed by atoms with E-state index in [0.29, 0.717) is 18.5 Å². The Kier molecular flexibility index (Phi) is 5.68. The van der Waals surface area contributed by atoms with Gasteiger partial charge in [-0.2, -0.15) is 0 Å². The van der Waals surface area contributed by atoms with Crippen molar-refractivity contribution in [3.63, 3.8) is 0 Å². The first-order valence-corrected chi connectivity index (χ1v) is 8.47. The van der Waals surface area contributed by atoms with Crippen LogP contribution in [0.15, 0.2) is 12.5 Å². The van der Waals surface area contributed by atoms with Crippen LogP contribution in [-0.4, -0.2) is 33.8 Å². The average molecular weight is 322 g/mol. The van der Waals surface area contributed by atoms with Crippen LogP contribution in [0.1, 0.15) is 59.2 Å². The van der Waals surface area contributed by atoms with E-state index in [1.165, 1.54) is 18.5 Å². The summed E-state index contributed by atoms with van der Waals surface area (Å²) < 4.78 is 7.54. The quantitative estimate of drug-likeness (QED) is 0.810. The lowest BCUT2D eigenvalue weighted by Gasteiger charge is -2.25. The van der Waals surface area contributed by atoms with Gasteiger partial charge in [0.1, 0.15) is 5.60 Å². The van der Waals surface area contributed by atoms with Crippen LogP contribution in [-0.2, 0) is 11.3 Å². The molecule has 0 radical (unpaired) electrons. The molecule has 1 aromatic rings. The van der Waals surface area contributed by atoms with Gasteiger partial charge in [0, 0.05) is 31.4 Å². The van der Waals surface area contributed by atoms with Crippen molar-refractivity contribution in [3.05, 3.63) is 18.2 Å². The van der Waals surface area contributed by atoms with Gasteiger partial charge in [-0.1, -0.05) is 13.8 Å². The van der Waals surface area contributed by atoms with Crippen molar-refractivity contribution in [1.29, 1.82) is 0 Å². The standard InChI is InChI=1S/C17H30N4O2/c1-12(2)15(10-20-16(22)23-17(3,4)5)19-9-14-8-18-11-21(14)13-6-7-13/h8,11-13,15,19H,6-7,9-10H2,1-5H3,(H,20,22). The minimum atomic E-state index is -0.471. The van der Waals surface area contributed by atoms with Gasteiger partial charge in [-0.15, -0.1) is 0 Å². The maximum atomic E-state index is 11.8. The Morgan fingerprint density at radius 1 is 1.43 bits per heavy atom. The zero-order valence-electron chi connectivity index (χ0n) is 14.9. The molecular formula is C17H30N4O2. The summed E-state index contributed by atoms with van der Waals surface area (Å²) in [6, 6.07) is 0.816. The fourth-order valence-corrected chi connectivity index (χ4v) is 2.44. The third-order valence-electron chi connectivity index (χ3n) is 3.90. The van der Waals surface area contributed by atoms with E-state index in [2.05, 4.69) is 34.0 Å². The van der Waals surface area contributed by atoms with Crippen molar-refractivity contribution in [2.75, 3.05) is 6.54 Å². The number of hydrogen-bond donors (Lipinski definition) is 2. The minimum absolute atomic E-state index is 0.185. The van der Waals surface area contributed by atoms with Crippen molar-refractivity contribution in [2.24, 2.45) is 5.92 Å². The van der Waals surface area contributed by atoms with Crippen molar-refractivity contribution in [2.45, 2.75) is 71.7 Å². The van der Waals surface area contributed by atoms with Gasteiger partial charge in [-0.05, 0) is 39.5 Å². The van der Waals surface area contributed by atoms with Gasteiger partial charge in [-0.3, -0.25) is 0 Å². The summed E-state index contributed by atoms with van der Waals surface area (Å²) in [5.41, 5.74) is 0.733. The minimum Gasteiger partial charge on any atom is -0.444 e. The molecule has 1 aromatic heterocycles. The monoisotopic (exact) mass is 322 g/mol. The van der Waals surface area contributed by atoms with Crippen LogP contribution in [0.3, 0.4) is 0 Å². The zero-order valence-corrected chi connectivity index (χ0v) is 14.9. The van der Waals surface area contributed by atoms with E-state index in [9.17, 15) is 4.79 Å². The van der Waals surface area contributed by atoms with Crippen molar-refractivity contribution >= 4 is 6.09 Å². The first kappa shape index (κ1) is 17.8. The molecule has 1 heterocycles. The molecule has 0 aliphatic heterocycles. The number of rotatable bonds is 7. The fraction of sp³-hybridized carbons (Fsp3) is 0.765. The molecule has 1 aliphatic rings. The molecule has 0 bridgehead atoms. The molecule has 1 fully saturated rings. The maximum Gasteiger partial charge on any atom is 0.407 e. The molecule has 6 heteroatoms. The Morgan fingerprint density at radius 2 is 2.13 bits per heavy atom. The molecule has 0 saturated heterocycles. The highest BCUT2D eigenvalue weighted by atomic mass is 16.6. The lowest BCUT2D eigenvalue weighted by atomic mass is 10.0. The number of nitrogens with one attached hydrogen (secondary N) is 2. The number of hydrogen-bond acceptors (Lipinski definition) is 4. The Labute approximate surface area is 139 Å². The highest BCUT2D eigenvalue weighted by Gasteiger charge is 2.25. The molecular weight excluding hydrogens is 292 g/mol. The normalized spacial score (nSPS) is 16.4. The number of carbonyl (C=O) groups is 1. The van der Waals surface area contributed by atoms with E-state index >= 15 is 0 Å². The number of carbonyl (C=O) groups excluding carboxylic acids is 1. The summed E-state index contributed by atoms with van der Waals surface area (Å²) in [7, 11) is 0. The molecule has 2 N–H and O–H groups in total. The molecule has 1 amide bonds. The van der Waals surface area contributed by atoms with Crippen LogP contribution in [0.25, 0.3) is 0 Å². The molecule has 1 atom stereocenters. The van der Waals surface area contributed by atoms with E-state index in [1.54, 1.807) is 0 Å². The molecule has 0 aromatic carbocycles. The molecule has 23 heavy (non-hydrogen) atoms. The van der Waals surface area contributed by atoms with Crippen molar-refractivity contribution in [1.82, 2.24) is 20.2 Å². The highest BCUT2D eigenvalue weighted by Crippen LogP contribution is 2.35. The van der Waals surface area contributed by atoms with Gasteiger partial charge in [0.2, 0.25) is 0 Å². The Bertz CT molecular complexity index is 515. The summed E-state index contributed by atoms with van der Waals surface area (Å²) in [5.74, 6) is 0.405. The molecule has 1 unspecified atom stereocenters. The lowest BCUT2D eigenvalue weighted by Crippen LogP contribution is -2.45. The first-order chi connectivity index (χ1) is 10.8. The van der Waals surface area contributed by atoms with Crippen LogP contribution in [0.5, 0.6) is 0 Å². The SMILES string of the molecule is CC(C)C(CNC(=O)OC(C)(C)C)NCc1cncn1C1CC1. The predicted octanol–water partition coefficient (Wildman–Crippen LogP) is 2.86. The molecule has 1 saturated carbocycles. The van der Waals surface area contributed by atoms with Gasteiger partial charge in [0.05, 0.1) is 12.0 Å². The third kappa shape index (κ3) is 5.86. The van der Waals surface area contributed by atoms with Crippen LogP contribution in [0.4, 0.5) is 4.79 Å². The molecule has 2 rings (SSSR count). The van der Waals surface area contributed by atoms with Crippen molar-refractivity contribution < 1.29 is 9.53 Å². The summed E-state index contributed by atoms with van der Waals surface area (Å²) >= 11 is 0. The Hall–Kier alpha value is -1.56. The Morgan fingerprint density at radius 3 is 2.70 bits per heavy atom. The average Bonchev–Trinajstić information content (AvgIpc) is 3.15. The van der Waals surface area contributed by atoms with Gasteiger partial charge < -0.3 is 19.9 Å². The molecule has 130 valence electrons. The third-order valence-corrected chi connectivity index (χ3v) is 3.90. The predicted molar refractivity (Wildman–Crippen MR) is 90.2 cm³/mol. The van der Waals surface area contributed by atoms with E-state index < -0.39 is 5.60 Å². The van der Waals surface area contributed by atoms with Crippen LogP contribution in [0.2, 0.25) is 0 Å². The highest BCUT2D eigenvalue weighted by molar-refractivity contribution is 5.67. The summed E-state index contributed by atoms with van der Waals surface area (Å²) in [6.45, 7) is 11.2. The van der Waals surface area contributed by atoms with Gasteiger partial charge in [-0.25, -0.2) is 9.78 Å². The lowest BCUT2D eigenvalue weighted by molar-refractivity contribution is 0.0519. The van der Waals surface area contributed by atoms with E-state index in [4.69, 9.17) is 4.74 Å². The number of aromatic nitrogens is 2. The summed E-state index contributed by atoms with van der Waals surface area (Å²) in [5, 5.41) is 6.39. The van der Waals surface area contributed by atoms with Gasteiger partial charge >= 0.3 is 6.09 Å². The number of ether oxygens (including phenoxy) is 1. The number of nitrogens with zero attached hydrogens (tertiary/aromatic N) is 2. The first-order valence-electron chi connectivity index (χ1n) is 8.47. The molecule has 1 aliphatic carbocycles. The van der Waals surface area contributed by atoms with Gasteiger partial charge in [0.15, 0.2) is 0 Å². The second kappa shape index (κ2) is 7.34. The fourth-order valence-electron chi connectivity index (χ4n) is 2.44. The zero-order chi connectivity index (χ0) is 17.0. The van der Waals surface area contributed by atoms with E-state index in [1.807, 2.05) is 33.3 Å². The number of alkyl carbamates (subject to hydrolysis) is 1. The van der Waals surface area contributed by atoms with E-state index in [-0.39, 0.29) is 12.1 Å². The Balaban J connectivity index is 1.81. The smallest absolute Gasteiger partial charge is 0.407 e. The number of amides is 1. The summed E-state index contributed by atoms with van der Waals surface area (Å²) in [6.07, 6.45) is 5.96. The second-order valence-corrected chi connectivity index (χ2v) is 7.64. The van der Waals surface area contributed by atoms with E-state index in [0.717, 1.165) is 6.54 Å². The second-order valence-electron chi connectivity index (χ2n) is 7.64. The van der Waals surface area contributed by atoms with Crippen LogP contribution in [0, 0.1) is 5.92 Å². The van der Waals surface area contributed by atoms with Crippen molar-refractivity contribution in [3.8, 4) is 0 Å². The number of imidazole rings is 1. The van der Waals surface area contributed by atoms with Crippen LogP contribution < -0.4 is 10.6 Å². The summed E-state index contributed by atoms with van der Waals surface area (Å²) in [4.78, 5) is 16.0. The largest absolute Gasteiger partial charge is 0.444 e. The molecule has 0 spiro atoms. The van der Waals surface area contributed by atoms with Gasteiger partial charge in [0.25, 0.3) is 0 Å². The van der Waals surface area contributed by atoms with Crippen LogP contribution >= 0.6 is 0 Å². The molecule has 6 nitrogen and oxygen atoms in total. The topological polar surface area (TPSA) is 68.2 Å².